The van der Waals surface area contributed by atoms with Crippen molar-refractivity contribution >= 4 is 45.0 Å². The molecule has 0 aromatic rings. The summed E-state index contributed by atoms with van der Waals surface area (Å²) >= 11 is 3.33. The summed E-state index contributed by atoms with van der Waals surface area (Å²) in [5.74, 6) is 0. The summed E-state index contributed by atoms with van der Waals surface area (Å²) in [6.45, 7) is 1.39. The molecule has 0 aromatic heterocycles. The number of carbonyl (C=O) groups is 1. The van der Waals surface area contributed by atoms with Gasteiger partial charge in [-0.25, -0.2) is 0 Å². The van der Waals surface area contributed by atoms with Crippen molar-refractivity contribution in [1.29, 1.82) is 0 Å². The number of thiol groups is 1. The zero-order valence-electron chi connectivity index (χ0n) is 3.06. The average molecular weight is 285 g/mol. The van der Waals surface area contributed by atoms with Crippen LogP contribution in [0.5, 0.6) is 0 Å². The molecule has 0 rings (SSSR count). The Morgan fingerprint density at radius 3 is 1.80 bits per heavy atom. The molecular weight excluding hydrogens is 279 g/mol. The van der Waals surface area contributed by atoms with Crippen molar-refractivity contribution in [2.45, 2.75) is 6.92 Å². The van der Waals surface area contributed by atoms with Crippen molar-refractivity contribution < 1.29 is 4.79 Å². The second-order valence-corrected chi connectivity index (χ2v) is 1.15. The van der Waals surface area contributed by atoms with Crippen LogP contribution in [0.4, 0.5) is 0 Å². The molecule has 0 aliphatic carbocycles. The van der Waals surface area contributed by atoms with Crippen molar-refractivity contribution in [2.24, 2.45) is 0 Å². The Balaban J connectivity index is 0. The summed E-state index contributed by atoms with van der Waals surface area (Å²) in [5.41, 5.74) is 0. The van der Waals surface area contributed by atoms with E-state index in [1.165, 1.54) is 6.92 Å². The van der Waals surface area contributed by atoms with E-state index in [1.54, 1.807) is 0 Å². The summed E-state index contributed by atoms with van der Waals surface area (Å²) < 4.78 is 0. The van der Waals surface area contributed by atoms with Crippen molar-refractivity contribution in [3.63, 3.8) is 0 Å². The fourth-order valence-corrected chi connectivity index (χ4v) is 0. The normalized spacial score (nSPS) is 5.20. The second-order valence-electron chi connectivity index (χ2n) is 0.519. The van der Waals surface area contributed by atoms with E-state index in [9.17, 15) is 4.79 Å². The molecule has 0 atom stereocenters. The van der Waals surface area contributed by atoms with Gasteiger partial charge in [0.1, 0.15) is 0 Å². The standard InChI is InChI=1S/C2H4OS.Pb.2H/c1-2(3)4;;;/h1H3,(H,3,4);;;. The SMILES string of the molecule is CC(=O)S.[PbH2]. The number of hydrogen-bond acceptors (Lipinski definition) is 1. The zero-order chi connectivity index (χ0) is 3.58. The molecule has 0 aliphatic heterocycles. The first-order valence-corrected chi connectivity index (χ1v) is 1.37. The van der Waals surface area contributed by atoms with E-state index < -0.39 is 0 Å². The Kier molecular flexibility index (Phi) is 9.23. The first-order valence-electron chi connectivity index (χ1n) is 0.928. The molecule has 0 amide bonds. The summed E-state index contributed by atoms with van der Waals surface area (Å²) in [5, 5.41) is -0.139. The van der Waals surface area contributed by atoms with Gasteiger partial charge in [0.15, 0.2) is 5.12 Å². The van der Waals surface area contributed by atoms with Gasteiger partial charge in [-0.3, -0.25) is 4.79 Å². The molecule has 2 radical (unpaired) electrons. The van der Waals surface area contributed by atoms with E-state index in [1.807, 2.05) is 0 Å². The molecule has 0 unspecified atom stereocenters. The quantitative estimate of drug-likeness (QED) is 0.471. The third-order valence-electron chi connectivity index (χ3n) is 0. The van der Waals surface area contributed by atoms with Gasteiger partial charge in [0.05, 0.1) is 0 Å². The molecular formula is C2H6OPbS. The molecule has 1 nitrogen and oxygen atoms in total. The Bertz CT molecular complexity index is 32.6. The van der Waals surface area contributed by atoms with Gasteiger partial charge in [0, 0.05) is 6.92 Å². The van der Waals surface area contributed by atoms with Gasteiger partial charge < -0.3 is 0 Å². The number of carbonyl (C=O) groups excluding carboxylic acids is 1. The van der Waals surface area contributed by atoms with E-state index in [0.717, 1.165) is 0 Å². The van der Waals surface area contributed by atoms with E-state index in [-0.39, 0.29) is 32.4 Å². The number of hydrogen-bond donors (Lipinski definition) is 1. The van der Waals surface area contributed by atoms with Crippen molar-refractivity contribution in [3.05, 3.63) is 0 Å². The molecule has 0 saturated heterocycles. The predicted octanol–water partition coefficient (Wildman–Crippen LogP) is -0.454. The van der Waals surface area contributed by atoms with Gasteiger partial charge in [-0.1, -0.05) is 0 Å². The van der Waals surface area contributed by atoms with Crippen LogP contribution in [0.1, 0.15) is 6.92 Å². The van der Waals surface area contributed by atoms with Crippen LogP contribution in [0, 0.1) is 0 Å². The molecule has 0 saturated carbocycles. The predicted molar refractivity (Wildman–Crippen MR) is 28.2 cm³/mol. The van der Waals surface area contributed by atoms with Crippen LogP contribution < -0.4 is 0 Å². The molecule has 5 heavy (non-hydrogen) atoms. The molecule has 0 aliphatic rings. The maximum absolute atomic E-state index is 9.31. The fraction of sp³-hybridized carbons (Fsp3) is 0.500. The van der Waals surface area contributed by atoms with Crippen LogP contribution in [0.25, 0.3) is 0 Å². The van der Waals surface area contributed by atoms with E-state index in [2.05, 4.69) is 12.6 Å². The monoisotopic (exact) mass is 286 g/mol. The fourth-order valence-electron chi connectivity index (χ4n) is 0. The number of rotatable bonds is 0. The third kappa shape index (κ3) is 48.2. The summed E-state index contributed by atoms with van der Waals surface area (Å²) in [6, 6.07) is 0. The molecule has 0 N–H and O–H groups in total. The van der Waals surface area contributed by atoms with Crippen LogP contribution in [0.15, 0.2) is 0 Å². The maximum atomic E-state index is 9.31. The van der Waals surface area contributed by atoms with Gasteiger partial charge in [-0.05, 0) is 0 Å². The van der Waals surface area contributed by atoms with Crippen LogP contribution in [0.3, 0.4) is 0 Å². The van der Waals surface area contributed by atoms with E-state index in [4.69, 9.17) is 0 Å². The molecule has 3 heteroatoms. The van der Waals surface area contributed by atoms with Gasteiger partial charge in [-0.15, -0.1) is 12.6 Å². The van der Waals surface area contributed by atoms with Gasteiger partial charge in [0.2, 0.25) is 0 Å². The molecule has 0 bridgehead atoms. The molecule has 0 aromatic carbocycles. The molecule has 0 heterocycles. The second kappa shape index (κ2) is 4.94. The van der Waals surface area contributed by atoms with Crippen LogP contribution in [-0.4, -0.2) is 32.4 Å². The Morgan fingerprint density at radius 1 is 1.80 bits per heavy atom. The van der Waals surface area contributed by atoms with Gasteiger partial charge in [0.25, 0.3) is 0 Å². The van der Waals surface area contributed by atoms with E-state index >= 15 is 0 Å². The summed E-state index contributed by atoms with van der Waals surface area (Å²) in [4.78, 5) is 9.31. The Morgan fingerprint density at radius 2 is 1.80 bits per heavy atom. The van der Waals surface area contributed by atoms with Crippen molar-refractivity contribution in [3.8, 4) is 0 Å². The van der Waals surface area contributed by atoms with Crippen LogP contribution in [0.2, 0.25) is 0 Å². The first kappa shape index (κ1) is 9.34. The van der Waals surface area contributed by atoms with Crippen molar-refractivity contribution in [2.75, 3.05) is 0 Å². The zero-order valence-corrected chi connectivity index (χ0v) is 9.45. The summed E-state index contributed by atoms with van der Waals surface area (Å²) in [7, 11) is 0. The van der Waals surface area contributed by atoms with Gasteiger partial charge >= 0.3 is 27.3 Å². The van der Waals surface area contributed by atoms with Gasteiger partial charge in [-0.2, -0.15) is 0 Å². The first-order chi connectivity index (χ1) is 1.73. The van der Waals surface area contributed by atoms with Crippen LogP contribution >= 0.6 is 12.6 Å². The molecule has 0 fully saturated rings. The minimum absolute atomic E-state index is 0. The Hall–Kier alpha value is 0.942. The van der Waals surface area contributed by atoms with Crippen LogP contribution in [-0.2, 0) is 4.79 Å². The van der Waals surface area contributed by atoms with Crippen molar-refractivity contribution in [1.82, 2.24) is 0 Å². The summed E-state index contributed by atoms with van der Waals surface area (Å²) in [6.07, 6.45) is 0. The third-order valence-corrected chi connectivity index (χ3v) is 0. The van der Waals surface area contributed by atoms with E-state index in [0.29, 0.717) is 0 Å². The minimum atomic E-state index is -0.139. The molecule has 0 spiro atoms. The Labute approximate surface area is 56.7 Å². The average Bonchev–Trinajstić information content (AvgIpc) is 0.811. The topological polar surface area (TPSA) is 17.1 Å². The molecule has 30 valence electrons.